The third kappa shape index (κ3) is 6.66. The van der Waals surface area contributed by atoms with Gasteiger partial charge in [-0.15, -0.1) is 11.3 Å². The van der Waals surface area contributed by atoms with Crippen molar-refractivity contribution in [1.82, 2.24) is 10.3 Å². The van der Waals surface area contributed by atoms with E-state index < -0.39 is 12.0 Å². The molecule has 0 saturated carbocycles. The summed E-state index contributed by atoms with van der Waals surface area (Å²) in [6, 6.07) is -0.971. The number of amides is 1. The van der Waals surface area contributed by atoms with Crippen molar-refractivity contribution in [1.29, 1.82) is 0 Å². The number of carbonyl (C=O) groups excluding carboxylic acids is 1. The van der Waals surface area contributed by atoms with E-state index in [4.69, 9.17) is 4.74 Å². The summed E-state index contributed by atoms with van der Waals surface area (Å²) in [5.74, 6) is -1.45. The summed E-state index contributed by atoms with van der Waals surface area (Å²) >= 11 is 1.33. The number of aryl methyl sites for hydroxylation is 2. The lowest BCUT2D eigenvalue weighted by molar-refractivity contribution is -0.140. The zero-order valence-electron chi connectivity index (χ0n) is 14.4. The fourth-order valence-corrected chi connectivity index (χ4v) is 3.02. The minimum absolute atomic E-state index is 0.220. The van der Waals surface area contributed by atoms with Gasteiger partial charge in [0.15, 0.2) is 0 Å². The maximum absolute atomic E-state index is 12.3. The number of ether oxygens (including phenoxy) is 1. The molecule has 1 aromatic rings. The van der Waals surface area contributed by atoms with Crippen molar-refractivity contribution >= 4 is 23.2 Å². The zero-order valence-corrected chi connectivity index (χ0v) is 15.2. The van der Waals surface area contributed by atoms with Crippen LogP contribution in [0, 0.1) is 6.92 Å². The standard InChI is InChI=1S/C16H26N2O4S/c1-6-7-12-17-10(2)13(23-12)14(19)18-11(15(20)21)8-9-22-16(3,4)5/h11H,6-9H2,1-5H3,(H,18,19)(H,20,21). The Morgan fingerprint density at radius 3 is 2.57 bits per heavy atom. The predicted molar refractivity (Wildman–Crippen MR) is 90.1 cm³/mol. The Bertz CT molecular complexity index is 549. The highest BCUT2D eigenvalue weighted by molar-refractivity contribution is 7.13. The molecule has 7 heteroatoms. The van der Waals surface area contributed by atoms with Crippen LogP contribution in [-0.4, -0.2) is 40.2 Å². The molecule has 1 aromatic heterocycles. The average molecular weight is 342 g/mol. The second-order valence-corrected chi connectivity index (χ2v) is 7.47. The van der Waals surface area contributed by atoms with Crippen LogP contribution in [0.3, 0.4) is 0 Å². The first-order chi connectivity index (χ1) is 10.6. The molecule has 23 heavy (non-hydrogen) atoms. The Balaban J connectivity index is 2.69. The van der Waals surface area contributed by atoms with Gasteiger partial charge in [-0.3, -0.25) is 4.79 Å². The number of nitrogens with zero attached hydrogens (tertiary/aromatic N) is 1. The summed E-state index contributed by atoms with van der Waals surface area (Å²) in [6.45, 7) is 9.78. The number of carboxylic acid groups (broad SMARTS) is 1. The molecular weight excluding hydrogens is 316 g/mol. The Morgan fingerprint density at radius 1 is 1.39 bits per heavy atom. The molecule has 1 heterocycles. The predicted octanol–water partition coefficient (Wildman–Crippen LogP) is 2.79. The minimum Gasteiger partial charge on any atom is -0.480 e. The van der Waals surface area contributed by atoms with Crippen molar-refractivity contribution in [2.75, 3.05) is 6.61 Å². The van der Waals surface area contributed by atoms with E-state index in [1.807, 2.05) is 27.7 Å². The molecule has 1 rings (SSSR count). The van der Waals surface area contributed by atoms with Crippen LogP contribution in [0.4, 0.5) is 0 Å². The number of hydrogen-bond acceptors (Lipinski definition) is 5. The van der Waals surface area contributed by atoms with Crippen LogP contribution in [-0.2, 0) is 16.0 Å². The maximum atomic E-state index is 12.3. The quantitative estimate of drug-likeness (QED) is 0.758. The first kappa shape index (κ1) is 19.6. The first-order valence-corrected chi connectivity index (χ1v) is 8.59. The van der Waals surface area contributed by atoms with Gasteiger partial charge < -0.3 is 15.2 Å². The van der Waals surface area contributed by atoms with E-state index >= 15 is 0 Å². The van der Waals surface area contributed by atoms with Crippen molar-refractivity contribution in [3.05, 3.63) is 15.6 Å². The number of hydrogen-bond donors (Lipinski definition) is 2. The van der Waals surface area contributed by atoms with Gasteiger partial charge in [-0.1, -0.05) is 6.92 Å². The molecule has 1 atom stereocenters. The number of rotatable bonds is 8. The summed E-state index contributed by atoms with van der Waals surface area (Å²) < 4.78 is 5.53. The monoisotopic (exact) mass is 342 g/mol. The Morgan fingerprint density at radius 2 is 2.04 bits per heavy atom. The van der Waals surface area contributed by atoms with E-state index in [0.29, 0.717) is 10.6 Å². The van der Waals surface area contributed by atoms with E-state index in [2.05, 4.69) is 10.3 Å². The average Bonchev–Trinajstić information content (AvgIpc) is 2.77. The van der Waals surface area contributed by atoms with Crippen LogP contribution in [0.2, 0.25) is 0 Å². The number of aliphatic carboxylic acids is 1. The van der Waals surface area contributed by atoms with Gasteiger partial charge in [0.05, 0.1) is 16.3 Å². The molecule has 1 unspecified atom stereocenters. The van der Waals surface area contributed by atoms with Gasteiger partial charge in [-0.2, -0.15) is 0 Å². The molecule has 0 aromatic carbocycles. The summed E-state index contributed by atoms with van der Waals surface area (Å²) in [6.07, 6.45) is 1.99. The van der Waals surface area contributed by atoms with Gasteiger partial charge in [0.25, 0.3) is 5.91 Å². The van der Waals surface area contributed by atoms with Gasteiger partial charge in [0, 0.05) is 13.0 Å². The van der Waals surface area contributed by atoms with Crippen LogP contribution < -0.4 is 5.32 Å². The highest BCUT2D eigenvalue weighted by Gasteiger charge is 2.24. The molecule has 0 radical (unpaired) electrons. The summed E-state index contributed by atoms with van der Waals surface area (Å²) in [7, 11) is 0. The number of aromatic nitrogens is 1. The fourth-order valence-electron chi connectivity index (χ4n) is 1.95. The summed E-state index contributed by atoms with van der Waals surface area (Å²) in [5.41, 5.74) is 0.308. The highest BCUT2D eigenvalue weighted by Crippen LogP contribution is 2.19. The van der Waals surface area contributed by atoms with Crippen molar-refractivity contribution in [2.24, 2.45) is 0 Å². The summed E-state index contributed by atoms with van der Waals surface area (Å²) in [4.78, 5) is 28.5. The number of thiazole rings is 1. The third-order valence-corrected chi connectivity index (χ3v) is 4.27. The van der Waals surface area contributed by atoms with Crippen LogP contribution >= 0.6 is 11.3 Å². The number of nitrogens with one attached hydrogen (secondary N) is 1. The smallest absolute Gasteiger partial charge is 0.326 e. The van der Waals surface area contributed by atoms with E-state index in [1.54, 1.807) is 6.92 Å². The van der Waals surface area contributed by atoms with Crippen molar-refractivity contribution in [3.63, 3.8) is 0 Å². The van der Waals surface area contributed by atoms with Crippen molar-refractivity contribution in [3.8, 4) is 0 Å². The van der Waals surface area contributed by atoms with Gasteiger partial charge in [-0.05, 0) is 40.5 Å². The second kappa shape index (κ2) is 8.40. The maximum Gasteiger partial charge on any atom is 0.326 e. The van der Waals surface area contributed by atoms with Gasteiger partial charge in [0.1, 0.15) is 10.9 Å². The summed E-state index contributed by atoms with van der Waals surface area (Å²) in [5, 5.41) is 12.7. The van der Waals surface area contributed by atoms with Crippen LogP contribution in [0.1, 0.15) is 60.9 Å². The molecule has 130 valence electrons. The molecule has 6 nitrogen and oxygen atoms in total. The third-order valence-electron chi connectivity index (χ3n) is 3.06. The van der Waals surface area contributed by atoms with Gasteiger partial charge >= 0.3 is 5.97 Å². The van der Waals surface area contributed by atoms with E-state index in [0.717, 1.165) is 17.8 Å². The van der Waals surface area contributed by atoms with Crippen LogP contribution in [0.25, 0.3) is 0 Å². The second-order valence-electron chi connectivity index (χ2n) is 6.39. The lowest BCUT2D eigenvalue weighted by atomic mass is 10.1. The van der Waals surface area contributed by atoms with Crippen molar-refractivity contribution in [2.45, 2.75) is 65.5 Å². The molecule has 0 saturated heterocycles. The first-order valence-electron chi connectivity index (χ1n) is 7.78. The molecule has 0 bridgehead atoms. The molecule has 0 aliphatic heterocycles. The van der Waals surface area contributed by atoms with E-state index in [1.165, 1.54) is 11.3 Å². The van der Waals surface area contributed by atoms with Crippen LogP contribution in [0.5, 0.6) is 0 Å². The van der Waals surface area contributed by atoms with Gasteiger partial charge in [-0.25, -0.2) is 9.78 Å². The Hall–Kier alpha value is -1.47. The topological polar surface area (TPSA) is 88.5 Å². The number of carbonyl (C=O) groups is 2. The lowest BCUT2D eigenvalue weighted by Crippen LogP contribution is -2.42. The Kier molecular flexibility index (Phi) is 7.15. The normalized spacial score (nSPS) is 12.9. The van der Waals surface area contributed by atoms with Crippen LogP contribution in [0.15, 0.2) is 0 Å². The Labute approximate surface area is 141 Å². The van der Waals surface area contributed by atoms with Crippen molar-refractivity contribution < 1.29 is 19.4 Å². The highest BCUT2D eigenvalue weighted by atomic mass is 32.1. The van der Waals surface area contributed by atoms with E-state index in [9.17, 15) is 14.7 Å². The van der Waals surface area contributed by atoms with E-state index in [-0.39, 0.29) is 24.5 Å². The lowest BCUT2D eigenvalue weighted by Gasteiger charge is -2.21. The number of carboxylic acids is 1. The molecule has 2 N–H and O–H groups in total. The molecular formula is C16H26N2O4S. The largest absolute Gasteiger partial charge is 0.480 e. The molecule has 0 aliphatic carbocycles. The zero-order chi connectivity index (χ0) is 17.6. The molecule has 1 amide bonds. The van der Waals surface area contributed by atoms with Gasteiger partial charge in [0.2, 0.25) is 0 Å². The molecule has 0 spiro atoms. The minimum atomic E-state index is -1.06. The SMILES string of the molecule is CCCc1nc(C)c(C(=O)NC(CCOC(C)(C)C)C(=O)O)s1. The molecule has 0 aliphatic rings. The molecule has 0 fully saturated rings. The fraction of sp³-hybridized carbons (Fsp3) is 0.688.